The zero-order chi connectivity index (χ0) is 11.9. The van der Waals surface area contributed by atoms with Crippen LogP contribution in [0.15, 0.2) is 30.3 Å². The van der Waals surface area contributed by atoms with Gasteiger partial charge in [-0.15, -0.1) is 0 Å². The third kappa shape index (κ3) is 4.10. The molecule has 1 N–H and O–H groups in total. The number of hydrogen-bond donors (Lipinski definition) is 1. The largest absolute Gasteiger partial charge is 0.493 e. The van der Waals surface area contributed by atoms with Gasteiger partial charge in [-0.25, -0.2) is 0 Å². The molecule has 0 saturated heterocycles. The summed E-state index contributed by atoms with van der Waals surface area (Å²) in [7, 11) is 0. The van der Waals surface area contributed by atoms with Crippen LogP contribution in [-0.2, 0) is 4.79 Å². The van der Waals surface area contributed by atoms with Crippen LogP contribution in [0.4, 0.5) is 0 Å². The Kier molecular flexibility index (Phi) is 4.42. The summed E-state index contributed by atoms with van der Waals surface area (Å²) in [6.07, 6.45) is 5.18. The molecular weight excluding hydrogens is 214 g/mol. The Morgan fingerprint density at radius 1 is 1.24 bits per heavy atom. The summed E-state index contributed by atoms with van der Waals surface area (Å²) in [6.45, 7) is 0.447. The van der Waals surface area contributed by atoms with Gasteiger partial charge in [0.15, 0.2) is 0 Å². The van der Waals surface area contributed by atoms with E-state index >= 15 is 0 Å². The van der Waals surface area contributed by atoms with Gasteiger partial charge >= 0.3 is 0 Å². The van der Waals surface area contributed by atoms with Crippen molar-refractivity contribution in [2.75, 3.05) is 6.61 Å². The van der Waals surface area contributed by atoms with Gasteiger partial charge in [0.2, 0.25) is 5.91 Å². The molecule has 0 bridgehead atoms. The summed E-state index contributed by atoms with van der Waals surface area (Å²) in [5, 5.41) is 3.05. The Balaban J connectivity index is 1.63. The molecule has 92 valence electrons. The minimum absolute atomic E-state index is 0.104. The molecule has 1 fully saturated rings. The van der Waals surface area contributed by atoms with Crippen LogP contribution in [0.2, 0.25) is 0 Å². The van der Waals surface area contributed by atoms with Crippen molar-refractivity contribution < 1.29 is 9.53 Å². The van der Waals surface area contributed by atoms with E-state index in [1.165, 1.54) is 12.8 Å². The SMILES string of the molecule is O=C(CCOc1ccccc1)NC1CCCC1. The van der Waals surface area contributed by atoms with E-state index in [9.17, 15) is 4.79 Å². The second-order valence-corrected chi connectivity index (χ2v) is 4.46. The summed E-state index contributed by atoms with van der Waals surface area (Å²) in [5.41, 5.74) is 0. The fraction of sp³-hybridized carbons (Fsp3) is 0.500. The highest BCUT2D eigenvalue weighted by Crippen LogP contribution is 2.17. The monoisotopic (exact) mass is 233 g/mol. The van der Waals surface area contributed by atoms with Crippen LogP contribution in [0, 0.1) is 0 Å². The van der Waals surface area contributed by atoms with Gasteiger partial charge in [0.25, 0.3) is 0 Å². The molecule has 3 nitrogen and oxygen atoms in total. The van der Waals surface area contributed by atoms with Crippen molar-refractivity contribution in [1.29, 1.82) is 0 Å². The second kappa shape index (κ2) is 6.28. The number of ether oxygens (including phenoxy) is 1. The van der Waals surface area contributed by atoms with E-state index in [0.717, 1.165) is 18.6 Å². The minimum atomic E-state index is 0.104. The molecule has 0 heterocycles. The minimum Gasteiger partial charge on any atom is -0.493 e. The fourth-order valence-corrected chi connectivity index (χ4v) is 2.15. The van der Waals surface area contributed by atoms with Crippen LogP contribution in [0.25, 0.3) is 0 Å². The molecule has 1 aliphatic rings. The summed E-state index contributed by atoms with van der Waals surface area (Å²) in [6, 6.07) is 9.99. The zero-order valence-electron chi connectivity index (χ0n) is 10.0. The lowest BCUT2D eigenvalue weighted by atomic mass is 10.2. The van der Waals surface area contributed by atoms with Gasteiger partial charge in [-0.2, -0.15) is 0 Å². The Morgan fingerprint density at radius 2 is 1.94 bits per heavy atom. The molecule has 1 aliphatic carbocycles. The lowest BCUT2D eigenvalue weighted by molar-refractivity contribution is -0.122. The van der Waals surface area contributed by atoms with E-state index in [1.807, 2.05) is 30.3 Å². The molecule has 0 radical (unpaired) electrons. The average Bonchev–Trinajstić information content (AvgIpc) is 2.83. The van der Waals surface area contributed by atoms with Gasteiger partial charge in [0, 0.05) is 6.04 Å². The molecule has 17 heavy (non-hydrogen) atoms. The van der Waals surface area contributed by atoms with Gasteiger partial charge in [-0.05, 0) is 25.0 Å². The van der Waals surface area contributed by atoms with Crippen molar-refractivity contribution in [3.8, 4) is 5.75 Å². The number of nitrogens with one attached hydrogen (secondary N) is 1. The Labute approximate surface area is 102 Å². The van der Waals surface area contributed by atoms with Crippen LogP contribution in [-0.4, -0.2) is 18.6 Å². The van der Waals surface area contributed by atoms with E-state index in [2.05, 4.69) is 5.32 Å². The zero-order valence-corrected chi connectivity index (χ0v) is 10.0. The van der Waals surface area contributed by atoms with E-state index < -0.39 is 0 Å². The third-order valence-corrected chi connectivity index (χ3v) is 3.06. The molecule has 1 aromatic carbocycles. The van der Waals surface area contributed by atoms with Crippen molar-refractivity contribution in [3.05, 3.63) is 30.3 Å². The molecule has 0 atom stereocenters. The number of amides is 1. The number of para-hydroxylation sites is 1. The van der Waals surface area contributed by atoms with Crippen molar-refractivity contribution >= 4 is 5.91 Å². The summed E-state index contributed by atoms with van der Waals surface area (Å²) in [5.74, 6) is 0.925. The first-order valence-electron chi connectivity index (χ1n) is 6.32. The highest BCUT2D eigenvalue weighted by molar-refractivity contribution is 5.76. The lowest BCUT2D eigenvalue weighted by Gasteiger charge is -2.12. The maximum absolute atomic E-state index is 11.6. The van der Waals surface area contributed by atoms with Gasteiger partial charge < -0.3 is 10.1 Å². The molecule has 3 heteroatoms. The van der Waals surface area contributed by atoms with Crippen LogP contribution < -0.4 is 10.1 Å². The van der Waals surface area contributed by atoms with E-state index in [4.69, 9.17) is 4.74 Å². The van der Waals surface area contributed by atoms with Crippen LogP contribution in [0.3, 0.4) is 0 Å². The standard InChI is InChI=1S/C14H19NO2/c16-14(15-12-6-4-5-7-12)10-11-17-13-8-2-1-3-9-13/h1-3,8-9,12H,4-7,10-11H2,(H,15,16). The Hall–Kier alpha value is -1.51. The predicted octanol–water partition coefficient (Wildman–Crippen LogP) is 2.51. The number of hydrogen-bond acceptors (Lipinski definition) is 2. The number of carbonyl (C=O) groups excluding carboxylic acids is 1. The Bertz CT molecular complexity index is 344. The molecular formula is C14H19NO2. The van der Waals surface area contributed by atoms with Crippen molar-refractivity contribution in [2.24, 2.45) is 0 Å². The fourth-order valence-electron chi connectivity index (χ4n) is 2.15. The predicted molar refractivity (Wildman–Crippen MR) is 67.0 cm³/mol. The van der Waals surface area contributed by atoms with E-state index in [-0.39, 0.29) is 5.91 Å². The van der Waals surface area contributed by atoms with Crippen LogP contribution in [0.1, 0.15) is 32.1 Å². The number of benzene rings is 1. The highest BCUT2D eigenvalue weighted by Gasteiger charge is 2.16. The van der Waals surface area contributed by atoms with Crippen molar-refractivity contribution in [2.45, 2.75) is 38.1 Å². The molecule has 0 aromatic heterocycles. The summed E-state index contributed by atoms with van der Waals surface area (Å²) < 4.78 is 5.48. The van der Waals surface area contributed by atoms with Crippen molar-refractivity contribution in [3.63, 3.8) is 0 Å². The smallest absolute Gasteiger partial charge is 0.223 e. The highest BCUT2D eigenvalue weighted by atomic mass is 16.5. The molecule has 0 spiro atoms. The normalized spacial score (nSPS) is 15.8. The third-order valence-electron chi connectivity index (χ3n) is 3.06. The van der Waals surface area contributed by atoms with Gasteiger partial charge in [0.1, 0.15) is 5.75 Å². The first kappa shape index (κ1) is 12.0. The molecule has 1 aromatic rings. The van der Waals surface area contributed by atoms with Gasteiger partial charge in [-0.3, -0.25) is 4.79 Å². The quantitative estimate of drug-likeness (QED) is 0.848. The maximum Gasteiger partial charge on any atom is 0.223 e. The molecule has 1 amide bonds. The first-order valence-corrected chi connectivity index (χ1v) is 6.32. The molecule has 0 aliphatic heterocycles. The van der Waals surface area contributed by atoms with Crippen LogP contribution >= 0.6 is 0 Å². The average molecular weight is 233 g/mol. The van der Waals surface area contributed by atoms with Gasteiger partial charge in [-0.1, -0.05) is 31.0 Å². The number of rotatable bonds is 5. The maximum atomic E-state index is 11.6. The lowest BCUT2D eigenvalue weighted by Crippen LogP contribution is -2.33. The van der Waals surface area contributed by atoms with Crippen LogP contribution in [0.5, 0.6) is 5.75 Å². The topological polar surface area (TPSA) is 38.3 Å². The van der Waals surface area contributed by atoms with Gasteiger partial charge in [0.05, 0.1) is 13.0 Å². The Morgan fingerprint density at radius 3 is 2.65 bits per heavy atom. The molecule has 1 saturated carbocycles. The first-order chi connectivity index (χ1) is 8.34. The molecule has 2 rings (SSSR count). The van der Waals surface area contributed by atoms with Crippen molar-refractivity contribution in [1.82, 2.24) is 5.32 Å². The van der Waals surface area contributed by atoms with E-state index in [0.29, 0.717) is 19.1 Å². The second-order valence-electron chi connectivity index (χ2n) is 4.46. The number of carbonyl (C=O) groups is 1. The summed E-state index contributed by atoms with van der Waals surface area (Å²) in [4.78, 5) is 11.6. The molecule has 0 unspecified atom stereocenters. The van der Waals surface area contributed by atoms with E-state index in [1.54, 1.807) is 0 Å². The summed E-state index contributed by atoms with van der Waals surface area (Å²) >= 11 is 0.